The Morgan fingerprint density at radius 1 is 0.935 bits per heavy atom. The van der Waals surface area contributed by atoms with Crippen molar-refractivity contribution in [2.45, 2.75) is 57.2 Å². The van der Waals surface area contributed by atoms with Crippen molar-refractivity contribution in [3.05, 3.63) is 64.7 Å². The predicted molar refractivity (Wildman–Crippen MR) is 119 cm³/mol. The van der Waals surface area contributed by atoms with Crippen LogP contribution in [0.5, 0.6) is 5.75 Å². The molecule has 1 amide bonds. The highest BCUT2D eigenvalue weighted by Crippen LogP contribution is 2.30. The molecule has 3 aliphatic rings. The lowest BCUT2D eigenvalue weighted by molar-refractivity contribution is 0.0401. The molecular formula is C26H29N3O2. The molecule has 1 saturated heterocycles. The largest absolute Gasteiger partial charge is 0.470 e. The summed E-state index contributed by atoms with van der Waals surface area (Å²) in [4.78, 5) is 17.5. The van der Waals surface area contributed by atoms with E-state index in [-0.39, 0.29) is 12.1 Å². The van der Waals surface area contributed by atoms with Crippen molar-refractivity contribution in [3.63, 3.8) is 0 Å². The topological polar surface area (TPSA) is 56.6 Å². The van der Waals surface area contributed by atoms with Crippen LogP contribution in [0.4, 0.5) is 0 Å². The first-order valence-corrected chi connectivity index (χ1v) is 11.5. The molecule has 2 heterocycles. The summed E-state index contributed by atoms with van der Waals surface area (Å²) >= 11 is 0. The van der Waals surface area contributed by atoms with Gasteiger partial charge in [0.15, 0.2) is 6.23 Å². The summed E-state index contributed by atoms with van der Waals surface area (Å²) in [5.74, 6) is 0.832. The number of ether oxygens (including phenoxy) is 1. The minimum Gasteiger partial charge on any atom is -0.470 e. The Morgan fingerprint density at radius 2 is 1.71 bits per heavy atom. The lowest BCUT2D eigenvalue weighted by atomic mass is 9.91. The third kappa shape index (κ3) is 4.18. The van der Waals surface area contributed by atoms with Crippen LogP contribution in [0.15, 0.2) is 42.5 Å². The van der Waals surface area contributed by atoms with Crippen molar-refractivity contribution in [1.29, 1.82) is 5.26 Å². The number of hydrogen-bond donors (Lipinski definition) is 0. The van der Waals surface area contributed by atoms with Gasteiger partial charge in [0.25, 0.3) is 5.91 Å². The van der Waals surface area contributed by atoms with Crippen LogP contribution in [-0.2, 0) is 12.8 Å². The van der Waals surface area contributed by atoms with Crippen LogP contribution >= 0.6 is 0 Å². The molecule has 0 N–H and O–H groups in total. The molecule has 0 aromatic heterocycles. The van der Waals surface area contributed by atoms with Crippen LogP contribution in [0.25, 0.3) is 0 Å². The van der Waals surface area contributed by atoms with E-state index in [0.29, 0.717) is 17.7 Å². The fourth-order valence-corrected chi connectivity index (χ4v) is 5.01. The first-order valence-electron chi connectivity index (χ1n) is 11.5. The van der Waals surface area contributed by atoms with Crippen molar-refractivity contribution < 1.29 is 9.53 Å². The van der Waals surface area contributed by atoms with E-state index in [0.717, 1.165) is 50.6 Å². The van der Waals surface area contributed by atoms with Gasteiger partial charge in [0.2, 0.25) is 0 Å². The van der Waals surface area contributed by atoms with Gasteiger partial charge in [-0.1, -0.05) is 12.5 Å². The summed E-state index contributed by atoms with van der Waals surface area (Å²) in [5, 5.41) is 8.98. The summed E-state index contributed by atoms with van der Waals surface area (Å²) in [6.07, 6.45) is 7.82. The molecule has 5 heteroatoms. The molecule has 0 radical (unpaired) electrons. The van der Waals surface area contributed by atoms with E-state index in [4.69, 9.17) is 10.00 Å². The standard InChI is InChI=1S/C26H29N3O2/c27-18-19-6-8-21(9-7-19)26(30)29-14-2-5-25(29)31-24-11-10-20-12-15-28(23-3-1-4-23)16-13-22(20)17-24/h6-11,17,23,25H,1-5,12-16H2. The van der Waals surface area contributed by atoms with Crippen molar-refractivity contribution in [2.24, 2.45) is 0 Å². The number of rotatable bonds is 4. The van der Waals surface area contributed by atoms with Crippen molar-refractivity contribution >= 4 is 5.91 Å². The van der Waals surface area contributed by atoms with Crippen molar-refractivity contribution in [2.75, 3.05) is 19.6 Å². The Morgan fingerprint density at radius 3 is 2.42 bits per heavy atom. The Hall–Kier alpha value is -2.84. The normalized spacial score (nSPS) is 21.6. The Balaban J connectivity index is 1.26. The lowest BCUT2D eigenvalue weighted by Gasteiger charge is -2.36. The van der Waals surface area contributed by atoms with Gasteiger partial charge in [0.05, 0.1) is 11.6 Å². The molecule has 5 rings (SSSR count). The quantitative estimate of drug-likeness (QED) is 0.753. The first kappa shape index (κ1) is 20.1. The van der Waals surface area contributed by atoms with E-state index in [1.165, 1.54) is 30.4 Å². The molecule has 2 aliphatic heterocycles. The molecule has 2 fully saturated rings. The number of hydrogen-bond acceptors (Lipinski definition) is 4. The van der Waals surface area contributed by atoms with Gasteiger partial charge in [-0.3, -0.25) is 9.69 Å². The third-order valence-corrected chi connectivity index (χ3v) is 7.10. The van der Waals surface area contributed by atoms with Gasteiger partial charge in [-0.15, -0.1) is 0 Å². The number of nitriles is 1. The Bertz CT molecular complexity index is 991. The van der Waals surface area contributed by atoms with Crippen LogP contribution in [0.3, 0.4) is 0 Å². The second-order valence-electron chi connectivity index (χ2n) is 8.95. The van der Waals surface area contributed by atoms with E-state index in [1.54, 1.807) is 24.3 Å². The number of likely N-dealkylation sites (tertiary alicyclic amines) is 1. The van der Waals surface area contributed by atoms with E-state index in [1.807, 2.05) is 4.90 Å². The number of carbonyl (C=O) groups excluding carboxylic acids is 1. The van der Waals surface area contributed by atoms with E-state index in [2.05, 4.69) is 29.2 Å². The van der Waals surface area contributed by atoms with Crippen LogP contribution in [0.1, 0.15) is 59.2 Å². The highest BCUT2D eigenvalue weighted by molar-refractivity contribution is 5.94. The molecule has 0 bridgehead atoms. The first-order chi connectivity index (χ1) is 15.2. The SMILES string of the molecule is N#Cc1ccc(C(=O)N2CCCC2Oc2ccc3c(c2)CCN(C2CCC2)CC3)cc1. The molecule has 0 spiro atoms. The van der Waals surface area contributed by atoms with Crippen LogP contribution in [-0.4, -0.2) is 47.6 Å². The van der Waals surface area contributed by atoms with E-state index in [9.17, 15) is 4.79 Å². The summed E-state index contributed by atoms with van der Waals surface area (Å²) in [5.41, 5.74) is 3.99. The number of amides is 1. The molecule has 1 aliphatic carbocycles. The molecule has 1 unspecified atom stereocenters. The monoisotopic (exact) mass is 415 g/mol. The Labute approximate surface area is 184 Å². The Kier molecular flexibility index (Phi) is 5.65. The van der Waals surface area contributed by atoms with Crippen LogP contribution in [0.2, 0.25) is 0 Å². The van der Waals surface area contributed by atoms with Crippen LogP contribution < -0.4 is 4.74 Å². The van der Waals surface area contributed by atoms with Gasteiger partial charge < -0.3 is 9.64 Å². The highest BCUT2D eigenvalue weighted by Gasteiger charge is 2.31. The smallest absolute Gasteiger partial charge is 0.256 e. The van der Waals surface area contributed by atoms with Gasteiger partial charge >= 0.3 is 0 Å². The summed E-state index contributed by atoms with van der Waals surface area (Å²) < 4.78 is 6.33. The average Bonchev–Trinajstić information content (AvgIpc) is 3.12. The van der Waals surface area contributed by atoms with Gasteiger partial charge in [-0.05, 0) is 79.6 Å². The number of carbonyl (C=O) groups is 1. The predicted octanol–water partition coefficient (Wildman–Crippen LogP) is 4.15. The summed E-state index contributed by atoms with van der Waals surface area (Å²) in [6.45, 7) is 2.99. The molecule has 2 aromatic rings. The molecule has 5 nitrogen and oxygen atoms in total. The fraction of sp³-hybridized carbons (Fsp3) is 0.462. The zero-order chi connectivity index (χ0) is 21.2. The van der Waals surface area contributed by atoms with Crippen molar-refractivity contribution in [1.82, 2.24) is 9.80 Å². The van der Waals surface area contributed by atoms with E-state index >= 15 is 0 Å². The molecule has 1 saturated carbocycles. The minimum atomic E-state index is -0.238. The number of fused-ring (bicyclic) bond motifs is 1. The second kappa shape index (κ2) is 8.72. The van der Waals surface area contributed by atoms with Gasteiger partial charge in [0.1, 0.15) is 5.75 Å². The van der Waals surface area contributed by atoms with Crippen molar-refractivity contribution in [3.8, 4) is 11.8 Å². The maximum atomic E-state index is 13.0. The molecule has 1 atom stereocenters. The van der Waals surface area contributed by atoms with Gasteiger partial charge in [-0.2, -0.15) is 5.26 Å². The third-order valence-electron chi connectivity index (χ3n) is 7.10. The molecule has 2 aromatic carbocycles. The zero-order valence-corrected chi connectivity index (χ0v) is 17.9. The average molecular weight is 416 g/mol. The van der Waals surface area contributed by atoms with Gasteiger partial charge in [0, 0.05) is 37.7 Å². The van der Waals surface area contributed by atoms with Crippen LogP contribution in [0, 0.1) is 11.3 Å². The number of benzene rings is 2. The van der Waals surface area contributed by atoms with E-state index < -0.39 is 0 Å². The minimum absolute atomic E-state index is 0.0297. The zero-order valence-electron chi connectivity index (χ0n) is 17.9. The fourth-order valence-electron chi connectivity index (χ4n) is 5.01. The summed E-state index contributed by atoms with van der Waals surface area (Å²) in [7, 11) is 0. The highest BCUT2D eigenvalue weighted by atomic mass is 16.5. The number of nitrogens with zero attached hydrogens (tertiary/aromatic N) is 3. The summed E-state index contributed by atoms with van der Waals surface area (Å²) in [6, 6.07) is 16.2. The molecule has 160 valence electrons. The molecule has 31 heavy (non-hydrogen) atoms. The maximum absolute atomic E-state index is 13.0. The lowest BCUT2D eigenvalue weighted by Crippen LogP contribution is -2.41. The molecular weight excluding hydrogens is 386 g/mol. The maximum Gasteiger partial charge on any atom is 0.256 e. The second-order valence-corrected chi connectivity index (χ2v) is 8.95. The van der Waals surface area contributed by atoms with Gasteiger partial charge in [-0.25, -0.2) is 0 Å².